The third kappa shape index (κ3) is 13.1. The maximum absolute atomic E-state index is 10.8. The zero-order valence-electron chi connectivity index (χ0n) is 27.0. The molecule has 0 unspecified atom stereocenters. The van der Waals surface area contributed by atoms with Crippen LogP contribution >= 0.6 is 46.4 Å². The van der Waals surface area contributed by atoms with E-state index in [4.69, 9.17) is 56.6 Å². The van der Waals surface area contributed by atoms with Gasteiger partial charge in [-0.1, -0.05) is 94.9 Å². The fourth-order valence-corrected chi connectivity index (χ4v) is 8.62. The Bertz CT molecular complexity index is 1860. The first kappa shape index (κ1) is 39.6. The molecule has 0 aliphatic carbocycles. The zero-order chi connectivity index (χ0) is 36.6. The number of rotatable bonds is 10. The van der Waals surface area contributed by atoms with Gasteiger partial charge in [0.15, 0.2) is 0 Å². The molecule has 6 aromatic rings. The van der Waals surface area contributed by atoms with Crippen molar-refractivity contribution in [1.29, 1.82) is 0 Å². The first-order valence-corrected chi connectivity index (χ1v) is 19.9. The molecule has 6 nitrogen and oxygen atoms in total. The Kier molecular flexibility index (Phi) is 16.0. The number of aliphatic carboxylic acids is 2. The number of carboxylic acids is 2. The van der Waals surface area contributed by atoms with Gasteiger partial charge in [-0.3, -0.25) is 9.59 Å². The second kappa shape index (κ2) is 20.6. The number of anilines is 4. The van der Waals surface area contributed by atoms with Crippen LogP contribution in [0.4, 0.5) is 22.7 Å². The van der Waals surface area contributed by atoms with E-state index in [-0.39, 0.29) is 12.8 Å². The van der Waals surface area contributed by atoms with Gasteiger partial charge in [-0.2, -0.15) is 0 Å². The number of benzene rings is 6. The number of carbonyl (C=O) groups is 2. The molecule has 11 heteroatoms. The van der Waals surface area contributed by atoms with Crippen LogP contribution in [0.15, 0.2) is 146 Å². The van der Waals surface area contributed by atoms with Crippen molar-refractivity contribution in [2.45, 2.75) is 12.8 Å². The molecule has 0 spiro atoms. The maximum atomic E-state index is 10.8. The number of hydrogen-bond donors (Lipinski definition) is 4. The van der Waals surface area contributed by atoms with Crippen LogP contribution in [0, 0.1) is 0 Å². The number of hydrogen-bond acceptors (Lipinski definition) is 4. The predicted octanol–water partition coefficient (Wildman–Crippen LogP) is 10.1. The summed E-state index contributed by atoms with van der Waals surface area (Å²) in [4.78, 5) is 21.7. The van der Waals surface area contributed by atoms with Crippen molar-refractivity contribution in [3.05, 3.63) is 177 Å². The van der Waals surface area contributed by atoms with Crippen LogP contribution in [-0.4, -0.2) is 43.3 Å². The summed E-state index contributed by atoms with van der Waals surface area (Å²) in [6.07, 6.45) is -0.128. The van der Waals surface area contributed by atoms with Gasteiger partial charge in [0.2, 0.25) is 0 Å². The van der Waals surface area contributed by atoms with E-state index in [0.717, 1.165) is 0 Å². The van der Waals surface area contributed by atoms with Crippen molar-refractivity contribution in [2.24, 2.45) is 0 Å². The molecule has 2 radical (unpaired) electrons. The standard InChI is InChI=1S/2C14H11Cl2NO2.2C6H5.Sn/c2*15-10-5-3-6-11(16)14(10)17-12-7-2-1-4-9(12)8-13(18)19;2*1-2-4-6-5-3-1;/h2*1-7,17H,8H2,(H,18,19);2*1-5H;. The minimum absolute atomic E-state index is 0.0642. The topological polar surface area (TPSA) is 98.7 Å². The van der Waals surface area contributed by atoms with Gasteiger partial charge in [0.05, 0.1) is 44.3 Å². The molecule has 6 rings (SSSR count). The van der Waals surface area contributed by atoms with Gasteiger partial charge in [0, 0.05) is 11.4 Å². The summed E-state index contributed by atoms with van der Waals surface area (Å²) < 4.78 is 3.08. The van der Waals surface area contributed by atoms with Crippen LogP contribution in [0.5, 0.6) is 0 Å². The molecule has 0 saturated carbocycles. The van der Waals surface area contributed by atoms with Gasteiger partial charge in [0.1, 0.15) is 0 Å². The Hall–Kier alpha value is -4.18. The average Bonchev–Trinajstić information content (AvgIpc) is 3.11. The van der Waals surface area contributed by atoms with Crippen molar-refractivity contribution in [2.75, 3.05) is 10.6 Å². The van der Waals surface area contributed by atoms with E-state index in [1.165, 1.54) is 7.16 Å². The van der Waals surface area contributed by atoms with Gasteiger partial charge in [-0.15, -0.1) is 0 Å². The minimum atomic E-state index is -0.889. The molecule has 0 saturated heterocycles. The fourth-order valence-electron chi connectivity index (χ4n) is 4.63. The normalized spacial score (nSPS) is 10.1. The summed E-state index contributed by atoms with van der Waals surface area (Å²) in [6, 6.07) is 46.3. The molecular formula is C40H32Cl4N2O4Sn. The predicted molar refractivity (Wildman–Crippen MR) is 213 cm³/mol. The van der Waals surface area contributed by atoms with Crippen molar-refractivity contribution in [1.82, 2.24) is 0 Å². The van der Waals surface area contributed by atoms with Gasteiger partial charge >= 0.3 is 101 Å². The van der Waals surface area contributed by atoms with E-state index in [2.05, 4.69) is 71.3 Å². The molecule has 258 valence electrons. The Morgan fingerprint density at radius 1 is 0.451 bits per heavy atom. The Labute approximate surface area is 327 Å². The molecule has 0 amide bonds. The summed E-state index contributed by atoms with van der Waals surface area (Å²) in [5.74, 6) is -1.78. The van der Waals surface area contributed by atoms with Crippen LogP contribution in [0.1, 0.15) is 11.1 Å². The van der Waals surface area contributed by atoms with E-state index >= 15 is 0 Å². The first-order chi connectivity index (χ1) is 24.6. The van der Waals surface area contributed by atoms with Crippen LogP contribution < -0.4 is 17.8 Å². The van der Waals surface area contributed by atoms with Crippen molar-refractivity contribution >= 4 is 109 Å². The average molecular weight is 865 g/mol. The monoisotopic (exact) mass is 864 g/mol. The zero-order valence-corrected chi connectivity index (χ0v) is 32.9. The molecule has 0 aromatic heterocycles. The van der Waals surface area contributed by atoms with Crippen molar-refractivity contribution in [3.8, 4) is 0 Å². The molecule has 0 aliphatic rings. The van der Waals surface area contributed by atoms with E-state index in [1.807, 2.05) is 12.1 Å². The SMILES string of the molecule is O=C(O)Cc1ccccc1Nc1c(Cl)cccc1Cl.O=C(O)Cc1ccccc1Nc1c(Cl)cccc1Cl.c1cc[c]([Sn][c]2ccccc2)cc1. The molecule has 0 bridgehead atoms. The van der Waals surface area contributed by atoms with E-state index < -0.39 is 33.1 Å². The van der Waals surface area contributed by atoms with Gasteiger partial charge in [-0.25, -0.2) is 0 Å². The van der Waals surface area contributed by atoms with Crippen LogP contribution in [0.25, 0.3) is 0 Å². The quantitative estimate of drug-likeness (QED) is 0.102. The van der Waals surface area contributed by atoms with Crippen molar-refractivity contribution < 1.29 is 19.8 Å². The molecule has 6 aromatic carbocycles. The van der Waals surface area contributed by atoms with E-state index in [0.29, 0.717) is 54.0 Å². The summed E-state index contributed by atoms with van der Waals surface area (Å²) >= 11 is 23.8. The summed E-state index contributed by atoms with van der Waals surface area (Å²) in [6.45, 7) is 0. The molecule has 51 heavy (non-hydrogen) atoms. The third-order valence-corrected chi connectivity index (χ3v) is 11.8. The summed E-state index contributed by atoms with van der Waals surface area (Å²) in [5.41, 5.74) is 3.85. The second-order valence-electron chi connectivity index (χ2n) is 10.8. The van der Waals surface area contributed by atoms with Gasteiger partial charge < -0.3 is 20.8 Å². The van der Waals surface area contributed by atoms with Gasteiger partial charge in [-0.05, 0) is 47.5 Å². The first-order valence-electron chi connectivity index (χ1n) is 15.5. The molecule has 0 aliphatic heterocycles. The Morgan fingerprint density at radius 3 is 1.10 bits per heavy atom. The fraction of sp³-hybridized carbons (Fsp3) is 0.0500. The Balaban J connectivity index is 0.000000175. The molecule has 0 heterocycles. The number of para-hydroxylation sites is 4. The number of nitrogens with one attached hydrogen (secondary N) is 2. The summed E-state index contributed by atoms with van der Waals surface area (Å²) in [7, 11) is 0. The van der Waals surface area contributed by atoms with Crippen LogP contribution in [-0.2, 0) is 22.4 Å². The van der Waals surface area contributed by atoms with Crippen LogP contribution in [0.2, 0.25) is 20.1 Å². The van der Waals surface area contributed by atoms with Crippen LogP contribution in [0.3, 0.4) is 0 Å². The Morgan fingerprint density at radius 2 is 0.765 bits per heavy atom. The van der Waals surface area contributed by atoms with E-state index in [9.17, 15) is 9.59 Å². The van der Waals surface area contributed by atoms with Gasteiger partial charge in [0.25, 0.3) is 0 Å². The van der Waals surface area contributed by atoms with E-state index in [1.54, 1.807) is 72.8 Å². The number of carboxylic acid groups (broad SMARTS) is 2. The van der Waals surface area contributed by atoms with Crippen molar-refractivity contribution in [3.63, 3.8) is 0 Å². The summed E-state index contributed by atoms with van der Waals surface area (Å²) in [5, 5.41) is 25.9. The third-order valence-electron chi connectivity index (χ3n) is 7.00. The number of halogens is 4. The second-order valence-corrected chi connectivity index (χ2v) is 16.4. The molecule has 4 N–H and O–H groups in total. The molecule has 0 fully saturated rings. The molecular weight excluding hydrogens is 833 g/mol. The molecule has 0 atom stereocenters.